The highest BCUT2D eigenvalue weighted by atomic mass is 16.5. The van der Waals surface area contributed by atoms with Crippen LogP contribution in [0.2, 0.25) is 0 Å². The largest absolute Gasteiger partial charge is 0.377 e. The van der Waals surface area contributed by atoms with E-state index < -0.39 is 0 Å². The quantitative estimate of drug-likeness (QED) is 0.852. The standard InChI is InChI=1S/C17H17N3O2/c1-19-8-2-3-15(19)16-12-22-10-9-20(16)17(21)14-6-4-13(11-18)5-7-14/h2-8,16H,9-10,12H2,1H3/t16-/m1/s1. The Balaban J connectivity index is 1.88. The number of aryl methyl sites for hydroxylation is 1. The minimum Gasteiger partial charge on any atom is -0.377 e. The van der Waals surface area contributed by atoms with Crippen molar-refractivity contribution in [1.82, 2.24) is 9.47 Å². The Kier molecular flexibility index (Phi) is 3.94. The third-order valence-electron chi connectivity index (χ3n) is 3.98. The number of hydrogen-bond acceptors (Lipinski definition) is 3. The maximum atomic E-state index is 12.8. The molecule has 5 nitrogen and oxygen atoms in total. The van der Waals surface area contributed by atoms with E-state index in [9.17, 15) is 4.79 Å². The zero-order valence-electron chi connectivity index (χ0n) is 12.4. The monoisotopic (exact) mass is 295 g/mol. The molecular weight excluding hydrogens is 278 g/mol. The first kappa shape index (κ1) is 14.4. The van der Waals surface area contributed by atoms with Crippen molar-refractivity contribution in [1.29, 1.82) is 5.26 Å². The van der Waals surface area contributed by atoms with E-state index in [0.29, 0.717) is 30.9 Å². The van der Waals surface area contributed by atoms with E-state index in [2.05, 4.69) is 6.07 Å². The molecule has 0 spiro atoms. The third kappa shape index (κ3) is 2.61. The van der Waals surface area contributed by atoms with Crippen LogP contribution in [0.25, 0.3) is 0 Å². The van der Waals surface area contributed by atoms with Crippen LogP contribution in [-0.4, -0.2) is 35.1 Å². The van der Waals surface area contributed by atoms with E-state index in [0.717, 1.165) is 5.69 Å². The van der Waals surface area contributed by atoms with Gasteiger partial charge in [0.25, 0.3) is 5.91 Å². The van der Waals surface area contributed by atoms with Gasteiger partial charge in [-0.05, 0) is 36.4 Å². The lowest BCUT2D eigenvalue weighted by Crippen LogP contribution is -2.44. The number of rotatable bonds is 2. The fraction of sp³-hybridized carbons (Fsp3) is 0.294. The third-order valence-corrected chi connectivity index (χ3v) is 3.98. The zero-order chi connectivity index (χ0) is 15.5. The molecule has 3 rings (SSSR count). The molecule has 1 aromatic carbocycles. The van der Waals surface area contributed by atoms with E-state index in [4.69, 9.17) is 10.00 Å². The number of morpholine rings is 1. The number of hydrogen-bond donors (Lipinski definition) is 0. The normalized spacial score (nSPS) is 18.0. The predicted octanol–water partition coefficient (Wildman–Crippen LogP) is 2.11. The SMILES string of the molecule is Cn1cccc1[C@H]1COCCN1C(=O)c1ccc(C#N)cc1. The van der Waals surface area contributed by atoms with Crippen LogP contribution in [-0.2, 0) is 11.8 Å². The minimum atomic E-state index is -0.0862. The molecule has 0 radical (unpaired) electrons. The summed E-state index contributed by atoms with van der Waals surface area (Å²) in [6.45, 7) is 1.61. The highest BCUT2D eigenvalue weighted by molar-refractivity contribution is 5.94. The lowest BCUT2D eigenvalue weighted by Gasteiger charge is -2.36. The topological polar surface area (TPSA) is 58.3 Å². The summed E-state index contributed by atoms with van der Waals surface area (Å²) in [5.74, 6) is -0.0287. The molecule has 0 saturated carbocycles. The Labute approximate surface area is 129 Å². The second kappa shape index (κ2) is 6.04. The molecule has 2 aromatic rings. The number of nitriles is 1. The van der Waals surface area contributed by atoms with E-state index in [1.807, 2.05) is 34.8 Å². The lowest BCUT2D eigenvalue weighted by molar-refractivity contribution is -0.00463. The first-order valence-corrected chi connectivity index (χ1v) is 7.21. The molecule has 0 unspecified atom stereocenters. The maximum absolute atomic E-state index is 12.8. The summed E-state index contributed by atoms with van der Waals surface area (Å²) < 4.78 is 7.58. The number of aromatic nitrogens is 1. The summed E-state index contributed by atoms with van der Waals surface area (Å²) in [4.78, 5) is 14.6. The van der Waals surface area contributed by atoms with Gasteiger partial charge in [-0.25, -0.2) is 0 Å². The van der Waals surface area contributed by atoms with Crippen molar-refractivity contribution < 1.29 is 9.53 Å². The van der Waals surface area contributed by atoms with Gasteiger partial charge in [0.1, 0.15) is 0 Å². The van der Waals surface area contributed by atoms with Gasteiger partial charge >= 0.3 is 0 Å². The number of ether oxygens (including phenoxy) is 1. The molecule has 0 N–H and O–H groups in total. The van der Waals surface area contributed by atoms with Gasteiger partial charge in [0, 0.05) is 31.0 Å². The van der Waals surface area contributed by atoms with Gasteiger partial charge in [-0.1, -0.05) is 0 Å². The first-order valence-electron chi connectivity index (χ1n) is 7.21. The molecule has 5 heteroatoms. The fourth-order valence-corrected chi connectivity index (χ4v) is 2.77. The first-order chi connectivity index (χ1) is 10.7. The summed E-state index contributed by atoms with van der Waals surface area (Å²) in [7, 11) is 1.97. The Morgan fingerprint density at radius 1 is 1.32 bits per heavy atom. The molecule has 2 heterocycles. The Hall–Kier alpha value is -2.58. The Morgan fingerprint density at radius 2 is 2.09 bits per heavy atom. The van der Waals surface area contributed by atoms with Crippen molar-refractivity contribution in [2.75, 3.05) is 19.8 Å². The molecule has 1 aromatic heterocycles. The second-order valence-corrected chi connectivity index (χ2v) is 5.32. The average Bonchev–Trinajstić information content (AvgIpc) is 3.00. The van der Waals surface area contributed by atoms with Crippen LogP contribution in [0.5, 0.6) is 0 Å². The molecule has 112 valence electrons. The average molecular weight is 295 g/mol. The van der Waals surface area contributed by atoms with Crippen molar-refractivity contribution in [2.45, 2.75) is 6.04 Å². The number of carbonyl (C=O) groups excluding carboxylic acids is 1. The molecule has 0 bridgehead atoms. The zero-order valence-corrected chi connectivity index (χ0v) is 12.4. The van der Waals surface area contributed by atoms with Crippen molar-refractivity contribution in [3.63, 3.8) is 0 Å². The Morgan fingerprint density at radius 3 is 2.73 bits per heavy atom. The van der Waals surface area contributed by atoms with Crippen LogP contribution in [0.3, 0.4) is 0 Å². The molecular formula is C17H17N3O2. The summed E-state index contributed by atoms with van der Waals surface area (Å²) >= 11 is 0. The van der Waals surface area contributed by atoms with Crippen LogP contribution in [0.4, 0.5) is 0 Å². The van der Waals surface area contributed by atoms with Crippen LogP contribution in [0.15, 0.2) is 42.6 Å². The number of carbonyl (C=O) groups is 1. The molecule has 1 aliphatic heterocycles. The smallest absolute Gasteiger partial charge is 0.254 e. The fourth-order valence-electron chi connectivity index (χ4n) is 2.77. The van der Waals surface area contributed by atoms with E-state index >= 15 is 0 Å². The number of benzene rings is 1. The van der Waals surface area contributed by atoms with Gasteiger partial charge in [-0.2, -0.15) is 5.26 Å². The van der Waals surface area contributed by atoms with Crippen LogP contribution in [0.1, 0.15) is 27.7 Å². The molecule has 1 fully saturated rings. The molecule has 0 aliphatic carbocycles. The van der Waals surface area contributed by atoms with Crippen LogP contribution < -0.4 is 0 Å². The minimum absolute atomic E-state index is 0.0287. The summed E-state index contributed by atoms with van der Waals surface area (Å²) in [6, 6.07) is 12.7. The van der Waals surface area contributed by atoms with Gasteiger partial charge in [-0.3, -0.25) is 4.79 Å². The number of amides is 1. The molecule has 22 heavy (non-hydrogen) atoms. The predicted molar refractivity (Wildman–Crippen MR) is 81.2 cm³/mol. The van der Waals surface area contributed by atoms with Crippen molar-refractivity contribution >= 4 is 5.91 Å². The maximum Gasteiger partial charge on any atom is 0.254 e. The summed E-state index contributed by atoms with van der Waals surface area (Å²) in [5.41, 5.74) is 2.21. The summed E-state index contributed by atoms with van der Waals surface area (Å²) in [6.07, 6.45) is 1.97. The highest BCUT2D eigenvalue weighted by Crippen LogP contribution is 2.26. The second-order valence-electron chi connectivity index (χ2n) is 5.32. The summed E-state index contributed by atoms with van der Waals surface area (Å²) in [5, 5.41) is 8.85. The van der Waals surface area contributed by atoms with E-state index in [1.54, 1.807) is 24.3 Å². The van der Waals surface area contributed by atoms with Crippen molar-refractivity contribution in [3.8, 4) is 6.07 Å². The van der Waals surface area contributed by atoms with E-state index in [1.165, 1.54) is 0 Å². The van der Waals surface area contributed by atoms with Gasteiger partial charge in [0.2, 0.25) is 0 Å². The molecule has 1 saturated heterocycles. The van der Waals surface area contributed by atoms with E-state index in [-0.39, 0.29) is 11.9 Å². The number of nitrogens with zero attached hydrogens (tertiary/aromatic N) is 3. The molecule has 1 amide bonds. The van der Waals surface area contributed by atoms with Crippen LogP contribution >= 0.6 is 0 Å². The highest BCUT2D eigenvalue weighted by Gasteiger charge is 2.30. The van der Waals surface area contributed by atoms with Crippen molar-refractivity contribution in [3.05, 3.63) is 59.4 Å². The van der Waals surface area contributed by atoms with Gasteiger partial charge in [-0.15, -0.1) is 0 Å². The van der Waals surface area contributed by atoms with Gasteiger partial charge in [0.15, 0.2) is 0 Å². The van der Waals surface area contributed by atoms with Crippen molar-refractivity contribution in [2.24, 2.45) is 7.05 Å². The molecule has 1 aliphatic rings. The van der Waals surface area contributed by atoms with Gasteiger partial charge in [0.05, 0.1) is 30.9 Å². The van der Waals surface area contributed by atoms with Gasteiger partial charge < -0.3 is 14.2 Å². The lowest BCUT2D eigenvalue weighted by atomic mass is 10.1. The molecule has 1 atom stereocenters. The van der Waals surface area contributed by atoms with Crippen LogP contribution in [0, 0.1) is 11.3 Å². The Bertz CT molecular complexity index is 712.